The van der Waals surface area contributed by atoms with Gasteiger partial charge in [-0.15, -0.1) is 11.3 Å². The lowest BCUT2D eigenvalue weighted by Gasteiger charge is -2.15. The molecule has 0 bridgehead atoms. The minimum Gasteiger partial charge on any atom is -0.371 e. The highest BCUT2D eigenvalue weighted by atomic mass is 32.1. The lowest BCUT2D eigenvalue weighted by Crippen LogP contribution is -2.28. The maximum absolute atomic E-state index is 12.5. The molecule has 1 aromatic carbocycles. The molecule has 1 aliphatic rings. The van der Waals surface area contributed by atoms with Gasteiger partial charge in [-0.1, -0.05) is 36.4 Å². The zero-order chi connectivity index (χ0) is 13.8. The predicted octanol–water partition coefficient (Wildman–Crippen LogP) is 2.96. The number of rotatable bonds is 7. The largest absolute Gasteiger partial charge is 0.371 e. The quantitative estimate of drug-likeness (QED) is 0.581. The van der Waals surface area contributed by atoms with Crippen molar-refractivity contribution in [3.8, 4) is 0 Å². The minimum absolute atomic E-state index is 0.0413. The fraction of sp³-hybridized carbons (Fsp3) is 0.312. The Morgan fingerprint density at radius 3 is 2.75 bits per heavy atom. The first-order chi connectivity index (χ1) is 9.83. The lowest BCUT2D eigenvalue weighted by atomic mass is 10.0. The molecule has 1 saturated heterocycles. The highest BCUT2D eigenvalue weighted by molar-refractivity contribution is 7.09. The molecule has 104 valence electrons. The average molecular weight is 288 g/mol. The summed E-state index contributed by atoms with van der Waals surface area (Å²) in [5.74, 6) is 0.0413. The molecule has 0 radical (unpaired) electrons. The first-order valence-corrected chi connectivity index (χ1v) is 7.56. The van der Waals surface area contributed by atoms with Crippen molar-refractivity contribution in [3.63, 3.8) is 0 Å². The standard InChI is InChI=1S/C16H16O3S/c17-16(12-5-2-1-3-6-12)15(19-11-13-10-18-13)9-14-7-4-8-20-14/h1-8,13,15H,9-11H2. The van der Waals surface area contributed by atoms with Crippen LogP contribution < -0.4 is 0 Å². The predicted molar refractivity (Wildman–Crippen MR) is 78.3 cm³/mol. The molecular weight excluding hydrogens is 272 g/mol. The first-order valence-electron chi connectivity index (χ1n) is 6.68. The summed E-state index contributed by atoms with van der Waals surface area (Å²) in [6, 6.07) is 13.4. The van der Waals surface area contributed by atoms with Crippen molar-refractivity contribution < 1.29 is 14.3 Å². The Hall–Kier alpha value is -1.49. The molecule has 1 aromatic heterocycles. The molecule has 2 unspecified atom stereocenters. The van der Waals surface area contributed by atoms with E-state index in [1.54, 1.807) is 11.3 Å². The first kappa shape index (κ1) is 13.5. The third-order valence-electron chi connectivity index (χ3n) is 3.20. The Morgan fingerprint density at radius 2 is 2.10 bits per heavy atom. The number of thiophene rings is 1. The fourth-order valence-electron chi connectivity index (χ4n) is 2.01. The van der Waals surface area contributed by atoms with Gasteiger partial charge in [-0.3, -0.25) is 4.79 Å². The second-order valence-electron chi connectivity index (χ2n) is 4.79. The van der Waals surface area contributed by atoms with E-state index in [9.17, 15) is 4.79 Å². The van der Waals surface area contributed by atoms with Crippen molar-refractivity contribution in [1.82, 2.24) is 0 Å². The van der Waals surface area contributed by atoms with E-state index < -0.39 is 6.10 Å². The highest BCUT2D eigenvalue weighted by Gasteiger charge is 2.27. The molecule has 2 atom stereocenters. The van der Waals surface area contributed by atoms with E-state index in [-0.39, 0.29) is 11.9 Å². The second kappa shape index (κ2) is 6.31. The molecule has 4 heteroatoms. The highest BCUT2D eigenvalue weighted by Crippen LogP contribution is 2.18. The molecule has 2 aromatic rings. The zero-order valence-electron chi connectivity index (χ0n) is 11.0. The number of hydrogen-bond donors (Lipinski definition) is 0. The normalized spacial score (nSPS) is 18.7. The Bertz CT molecular complexity index is 546. The molecule has 0 spiro atoms. The number of Topliss-reactive ketones (excluding diaryl/α,β-unsaturated/α-hetero) is 1. The van der Waals surface area contributed by atoms with Crippen LogP contribution in [0.4, 0.5) is 0 Å². The van der Waals surface area contributed by atoms with Gasteiger partial charge in [0.25, 0.3) is 0 Å². The Labute approximate surface area is 122 Å². The van der Waals surface area contributed by atoms with Gasteiger partial charge in [0.05, 0.1) is 13.2 Å². The summed E-state index contributed by atoms with van der Waals surface area (Å²) in [6.07, 6.45) is 0.364. The maximum Gasteiger partial charge on any atom is 0.191 e. The number of carbonyl (C=O) groups excluding carboxylic acids is 1. The van der Waals surface area contributed by atoms with Gasteiger partial charge in [0.2, 0.25) is 0 Å². The third-order valence-corrected chi connectivity index (χ3v) is 4.10. The Kier molecular flexibility index (Phi) is 4.25. The number of hydrogen-bond acceptors (Lipinski definition) is 4. The van der Waals surface area contributed by atoms with Gasteiger partial charge < -0.3 is 9.47 Å². The van der Waals surface area contributed by atoms with Gasteiger partial charge >= 0.3 is 0 Å². The SMILES string of the molecule is O=C(c1ccccc1)C(Cc1cccs1)OCC1CO1. The van der Waals surface area contributed by atoms with Gasteiger partial charge in [-0.25, -0.2) is 0 Å². The second-order valence-corrected chi connectivity index (χ2v) is 5.82. The van der Waals surface area contributed by atoms with Crippen LogP contribution in [0.2, 0.25) is 0 Å². The van der Waals surface area contributed by atoms with Crippen LogP contribution in [0.1, 0.15) is 15.2 Å². The van der Waals surface area contributed by atoms with Crippen molar-refractivity contribution in [1.29, 1.82) is 0 Å². The summed E-state index contributed by atoms with van der Waals surface area (Å²) < 4.78 is 10.9. The van der Waals surface area contributed by atoms with Crippen molar-refractivity contribution in [2.45, 2.75) is 18.6 Å². The van der Waals surface area contributed by atoms with Crippen molar-refractivity contribution in [2.24, 2.45) is 0 Å². The van der Waals surface area contributed by atoms with E-state index in [2.05, 4.69) is 0 Å². The number of benzene rings is 1. The van der Waals surface area contributed by atoms with E-state index in [1.165, 1.54) is 0 Å². The molecule has 2 heterocycles. The van der Waals surface area contributed by atoms with Crippen molar-refractivity contribution in [2.75, 3.05) is 13.2 Å². The lowest BCUT2D eigenvalue weighted by molar-refractivity contribution is 0.0359. The number of epoxide rings is 1. The summed E-state index contributed by atoms with van der Waals surface area (Å²) in [5.41, 5.74) is 0.700. The van der Waals surface area contributed by atoms with Crippen LogP contribution >= 0.6 is 11.3 Å². The maximum atomic E-state index is 12.5. The molecule has 3 nitrogen and oxygen atoms in total. The van der Waals surface area contributed by atoms with E-state index in [1.807, 2.05) is 47.8 Å². The number of carbonyl (C=O) groups is 1. The van der Waals surface area contributed by atoms with E-state index in [0.29, 0.717) is 18.6 Å². The smallest absolute Gasteiger partial charge is 0.191 e. The van der Waals surface area contributed by atoms with Gasteiger partial charge in [-0.2, -0.15) is 0 Å². The third kappa shape index (κ3) is 3.54. The van der Waals surface area contributed by atoms with E-state index in [4.69, 9.17) is 9.47 Å². The summed E-state index contributed by atoms with van der Waals surface area (Å²) in [4.78, 5) is 13.7. The zero-order valence-corrected chi connectivity index (χ0v) is 11.8. The number of ketones is 1. The van der Waals surface area contributed by atoms with Gasteiger partial charge in [-0.05, 0) is 11.4 Å². The Morgan fingerprint density at radius 1 is 1.30 bits per heavy atom. The topological polar surface area (TPSA) is 38.8 Å². The van der Waals surface area contributed by atoms with Gasteiger partial charge in [0.15, 0.2) is 5.78 Å². The van der Waals surface area contributed by atoms with Gasteiger partial charge in [0.1, 0.15) is 12.2 Å². The average Bonchev–Trinajstić information content (AvgIpc) is 3.18. The van der Waals surface area contributed by atoms with Crippen molar-refractivity contribution in [3.05, 3.63) is 58.3 Å². The van der Waals surface area contributed by atoms with Crippen LogP contribution in [0.5, 0.6) is 0 Å². The molecule has 0 aliphatic carbocycles. The van der Waals surface area contributed by atoms with Crippen LogP contribution in [0.15, 0.2) is 47.8 Å². The fourth-order valence-corrected chi connectivity index (χ4v) is 2.75. The Balaban J connectivity index is 1.71. The van der Waals surface area contributed by atoms with E-state index in [0.717, 1.165) is 11.5 Å². The van der Waals surface area contributed by atoms with Crippen LogP contribution in [0.25, 0.3) is 0 Å². The summed E-state index contributed by atoms with van der Waals surface area (Å²) in [6.45, 7) is 1.24. The van der Waals surface area contributed by atoms with Crippen LogP contribution in [0, 0.1) is 0 Å². The molecule has 0 N–H and O–H groups in total. The summed E-state index contributed by atoms with van der Waals surface area (Å²) in [7, 11) is 0. The van der Waals surface area contributed by atoms with Crippen molar-refractivity contribution >= 4 is 17.1 Å². The van der Waals surface area contributed by atoms with Crippen LogP contribution in [-0.4, -0.2) is 31.2 Å². The van der Waals surface area contributed by atoms with Crippen LogP contribution in [0.3, 0.4) is 0 Å². The van der Waals surface area contributed by atoms with E-state index >= 15 is 0 Å². The molecule has 0 amide bonds. The minimum atomic E-state index is -0.430. The number of ether oxygens (including phenoxy) is 2. The molecule has 1 aliphatic heterocycles. The summed E-state index contributed by atoms with van der Waals surface area (Å²) in [5, 5.41) is 2.02. The van der Waals surface area contributed by atoms with Crippen LogP contribution in [-0.2, 0) is 15.9 Å². The molecular formula is C16H16O3S. The molecule has 1 fully saturated rings. The van der Waals surface area contributed by atoms with Gasteiger partial charge in [0, 0.05) is 16.9 Å². The monoisotopic (exact) mass is 288 g/mol. The molecule has 0 saturated carbocycles. The molecule has 3 rings (SSSR count). The molecule has 20 heavy (non-hydrogen) atoms. The summed E-state index contributed by atoms with van der Waals surface area (Å²) >= 11 is 1.65.